The molecule has 1 rings (SSSR count). The Morgan fingerprint density at radius 2 is 2.50 bits per heavy atom. The van der Waals surface area contributed by atoms with Crippen molar-refractivity contribution in [2.24, 2.45) is 0 Å². The third-order valence-electron chi connectivity index (χ3n) is 2.01. The minimum atomic E-state index is -0.843. The van der Waals surface area contributed by atoms with Crippen LogP contribution in [0.2, 0.25) is 0 Å². The van der Waals surface area contributed by atoms with Gasteiger partial charge in [-0.1, -0.05) is 0 Å². The second kappa shape index (κ2) is 4.76. The molecule has 5 heteroatoms. The molecule has 1 heterocycles. The number of hydrogen-bond acceptors (Lipinski definition) is 4. The molecule has 0 saturated carbocycles. The molecule has 0 spiro atoms. The number of methoxy groups -OCH3 is 1. The third-order valence-corrected chi connectivity index (χ3v) is 2.01. The highest BCUT2D eigenvalue weighted by atomic mass is 16.5. The summed E-state index contributed by atoms with van der Waals surface area (Å²) in [6.07, 6.45) is 2.29. The van der Waals surface area contributed by atoms with Crippen molar-refractivity contribution in [3.63, 3.8) is 0 Å². The van der Waals surface area contributed by atoms with Crippen molar-refractivity contribution in [2.75, 3.05) is 7.11 Å². The minimum absolute atomic E-state index is 0.0395. The molecule has 1 unspecified atom stereocenters. The van der Waals surface area contributed by atoms with Gasteiger partial charge in [-0.2, -0.15) is 0 Å². The lowest BCUT2D eigenvalue weighted by molar-refractivity contribution is -0.143. The fraction of sp³-hybridized carbons (Fsp3) is 0.556. The van der Waals surface area contributed by atoms with Gasteiger partial charge in [-0.05, 0) is 6.92 Å². The molecule has 5 nitrogen and oxygen atoms in total. The second-order valence-electron chi connectivity index (χ2n) is 2.90. The van der Waals surface area contributed by atoms with Crippen molar-refractivity contribution < 1.29 is 14.6 Å². The summed E-state index contributed by atoms with van der Waals surface area (Å²) in [5, 5.41) is 9.66. The summed E-state index contributed by atoms with van der Waals surface area (Å²) in [6.45, 7) is 2.66. The van der Waals surface area contributed by atoms with Crippen LogP contribution in [0.5, 0.6) is 0 Å². The quantitative estimate of drug-likeness (QED) is 0.715. The highest BCUT2D eigenvalue weighted by Crippen LogP contribution is 2.16. The molecule has 0 fully saturated rings. The number of aliphatic hydroxyl groups is 1. The number of aryl methyl sites for hydroxylation is 1. The first kappa shape index (κ1) is 10.7. The summed E-state index contributed by atoms with van der Waals surface area (Å²) < 4.78 is 6.25. The van der Waals surface area contributed by atoms with Crippen LogP contribution < -0.4 is 0 Å². The number of esters is 1. The molecule has 0 radical (unpaired) electrons. The van der Waals surface area contributed by atoms with Crippen LogP contribution in [0.25, 0.3) is 0 Å². The van der Waals surface area contributed by atoms with Gasteiger partial charge in [0, 0.05) is 6.54 Å². The average Bonchev–Trinajstić information content (AvgIpc) is 2.65. The average molecular weight is 198 g/mol. The normalized spacial score (nSPS) is 12.5. The van der Waals surface area contributed by atoms with Gasteiger partial charge in [0.2, 0.25) is 0 Å². The molecule has 0 amide bonds. The lowest BCUT2D eigenvalue weighted by Gasteiger charge is -2.10. The summed E-state index contributed by atoms with van der Waals surface area (Å²) in [7, 11) is 1.30. The maximum atomic E-state index is 10.9. The fourth-order valence-corrected chi connectivity index (χ4v) is 1.22. The van der Waals surface area contributed by atoms with Gasteiger partial charge >= 0.3 is 5.97 Å². The van der Waals surface area contributed by atoms with Crippen molar-refractivity contribution in [3.8, 4) is 0 Å². The Hall–Kier alpha value is -1.36. The Morgan fingerprint density at radius 1 is 1.79 bits per heavy atom. The second-order valence-corrected chi connectivity index (χ2v) is 2.90. The molecule has 78 valence electrons. The van der Waals surface area contributed by atoms with E-state index in [0.29, 0.717) is 12.2 Å². The monoisotopic (exact) mass is 198 g/mol. The predicted molar refractivity (Wildman–Crippen MR) is 49.5 cm³/mol. The molecular weight excluding hydrogens is 184 g/mol. The van der Waals surface area contributed by atoms with Crippen LogP contribution in [0.3, 0.4) is 0 Å². The van der Waals surface area contributed by atoms with Gasteiger partial charge in [-0.15, -0.1) is 0 Å². The maximum Gasteiger partial charge on any atom is 0.308 e. The number of rotatable bonds is 4. The molecule has 1 aromatic rings. The summed E-state index contributed by atoms with van der Waals surface area (Å²) in [4.78, 5) is 14.8. The standard InChI is InChI=1S/C9H14N2O3/c1-3-11-6-10-5-7(11)8(12)4-9(13)14-2/h5-6,8,12H,3-4H2,1-2H3. The van der Waals surface area contributed by atoms with E-state index in [1.807, 2.05) is 6.92 Å². The molecule has 0 bridgehead atoms. The van der Waals surface area contributed by atoms with E-state index in [9.17, 15) is 9.90 Å². The van der Waals surface area contributed by atoms with E-state index in [2.05, 4.69) is 9.72 Å². The molecule has 14 heavy (non-hydrogen) atoms. The zero-order valence-corrected chi connectivity index (χ0v) is 8.30. The zero-order valence-electron chi connectivity index (χ0n) is 8.30. The van der Waals surface area contributed by atoms with E-state index in [1.54, 1.807) is 17.1 Å². The van der Waals surface area contributed by atoms with Crippen LogP contribution in [-0.4, -0.2) is 27.7 Å². The van der Waals surface area contributed by atoms with Gasteiger partial charge in [0.25, 0.3) is 0 Å². The van der Waals surface area contributed by atoms with Gasteiger partial charge in [0.1, 0.15) is 6.10 Å². The summed E-state index contributed by atoms with van der Waals surface area (Å²) in [5.41, 5.74) is 0.637. The van der Waals surface area contributed by atoms with E-state index in [4.69, 9.17) is 0 Å². The number of imidazole rings is 1. The summed E-state index contributed by atoms with van der Waals surface area (Å²) >= 11 is 0. The van der Waals surface area contributed by atoms with Crippen LogP contribution in [0, 0.1) is 0 Å². The lowest BCUT2D eigenvalue weighted by Crippen LogP contribution is -2.11. The van der Waals surface area contributed by atoms with Gasteiger partial charge in [0.05, 0.1) is 31.7 Å². The van der Waals surface area contributed by atoms with Crippen molar-refractivity contribution in [1.82, 2.24) is 9.55 Å². The Morgan fingerprint density at radius 3 is 3.07 bits per heavy atom. The smallest absolute Gasteiger partial charge is 0.308 e. The first-order chi connectivity index (χ1) is 6.69. The van der Waals surface area contributed by atoms with Gasteiger partial charge in [0.15, 0.2) is 0 Å². The predicted octanol–water partition coefficient (Wildman–Crippen LogP) is 0.499. The number of carbonyl (C=O) groups excluding carboxylic acids is 1. The molecule has 1 aromatic heterocycles. The number of aromatic nitrogens is 2. The Bertz CT molecular complexity index is 309. The highest BCUT2D eigenvalue weighted by Gasteiger charge is 2.16. The number of aliphatic hydroxyl groups excluding tert-OH is 1. The van der Waals surface area contributed by atoms with Crippen molar-refractivity contribution in [3.05, 3.63) is 18.2 Å². The molecule has 0 aliphatic rings. The first-order valence-corrected chi connectivity index (χ1v) is 4.44. The SMILES string of the molecule is CCn1cncc1C(O)CC(=O)OC. The van der Waals surface area contributed by atoms with Gasteiger partial charge in [-0.3, -0.25) is 4.79 Å². The summed E-state index contributed by atoms with van der Waals surface area (Å²) in [6, 6.07) is 0. The Balaban J connectivity index is 2.68. The van der Waals surface area contributed by atoms with E-state index in [0.717, 1.165) is 0 Å². The Labute approximate surface area is 82.3 Å². The van der Waals surface area contributed by atoms with E-state index in [-0.39, 0.29) is 6.42 Å². The van der Waals surface area contributed by atoms with Crippen molar-refractivity contribution in [2.45, 2.75) is 26.0 Å². The fourth-order valence-electron chi connectivity index (χ4n) is 1.22. The number of nitrogens with zero attached hydrogens (tertiary/aromatic N) is 2. The van der Waals surface area contributed by atoms with Gasteiger partial charge < -0.3 is 14.4 Å². The van der Waals surface area contributed by atoms with E-state index >= 15 is 0 Å². The lowest BCUT2D eigenvalue weighted by atomic mass is 10.2. The summed E-state index contributed by atoms with van der Waals surface area (Å²) in [5.74, 6) is -0.429. The number of carbonyl (C=O) groups is 1. The van der Waals surface area contributed by atoms with Crippen LogP contribution in [0.15, 0.2) is 12.5 Å². The topological polar surface area (TPSA) is 64.3 Å². The Kier molecular flexibility index (Phi) is 3.64. The van der Waals surface area contributed by atoms with Crippen LogP contribution >= 0.6 is 0 Å². The molecule has 1 atom stereocenters. The molecule has 0 saturated heterocycles. The molecular formula is C9H14N2O3. The maximum absolute atomic E-state index is 10.9. The van der Waals surface area contributed by atoms with E-state index in [1.165, 1.54) is 7.11 Å². The van der Waals surface area contributed by atoms with Crippen LogP contribution in [0.1, 0.15) is 25.1 Å². The number of hydrogen-bond donors (Lipinski definition) is 1. The largest absolute Gasteiger partial charge is 0.469 e. The third kappa shape index (κ3) is 2.32. The number of ether oxygens (including phenoxy) is 1. The van der Waals surface area contributed by atoms with Crippen LogP contribution in [0.4, 0.5) is 0 Å². The van der Waals surface area contributed by atoms with Crippen LogP contribution in [-0.2, 0) is 16.1 Å². The zero-order chi connectivity index (χ0) is 10.6. The van der Waals surface area contributed by atoms with Gasteiger partial charge in [-0.25, -0.2) is 4.98 Å². The first-order valence-electron chi connectivity index (χ1n) is 4.44. The molecule has 0 aliphatic heterocycles. The van der Waals surface area contributed by atoms with Crippen molar-refractivity contribution in [1.29, 1.82) is 0 Å². The molecule has 0 aromatic carbocycles. The van der Waals surface area contributed by atoms with E-state index < -0.39 is 12.1 Å². The highest BCUT2D eigenvalue weighted by molar-refractivity contribution is 5.69. The molecule has 0 aliphatic carbocycles. The van der Waals surface area contributed by atoms with Crippen molar-refractivity contribution >= 4 is 5.97 Å². The molecule has 1 N–H and O–H groups in total. The minimum Gasteiger partial charge on any atom is -0.469 e.